The Morgan fingerprint density at radius 3 is 2.50 bits per heavy atom. The summed E-state index contributed by atoms with van der Waals surface area (Å²) >= 11 is 0. The van der Waals surface area contributed by atoms with Crippen LogP contribution in [0.25, 0.3) is 22.5 Å². The highest BCUT2D eigenvalue weighted by Gasteiger charge is 2.36. The van der Waals surface area contributed by atoms with Crippen LogP contribution >= 0.6 is 0 Å². The lowest BCUT2D eigenvalue weighted by atomic mass is 9.99. The van der Waals surface area contributed by atoms with Crippen molar-refractivity contribution in [3.05, 3.63) is 83.6 Å². The van der Waals surface area contributed by atoms with E-state index in [1.54, 1.807) is 30.3 Å². The highest BCUT2D eigenvalue weighted by molar-refractivity contribution is 6.06. The molecule has 0 bridgehead atoms. The number of amides is 1. The number of alkyl halides is 3. The Labute approximate surface area is 191 Å². The van der Waals surface area contributed by atoms with Gasteiger partial charge in [-0.15, -0.1) is 0 Å². The van der Waals surface area contributed by atoms with E-state index < -0.39 is 34.6 Å². The number of anilines is 1. The first-order chi connectivity index (χ1) is 16.2. The molecular weight excluding hydrogens is 452 g/mol. The van der Waals surface area contributed by atoms with Gasteiger partial charge >= 0.3 is 6.18 Å². The second kappa shape index (κ2) is 9.02. The molecule has 2 aromatic heterocycles. The summed E-state index contributed by atoms with van der Waals surface area (Å²) in [5.74, 6) is -2.32. The third kappa shape index (κ3) is 4.64. The van der Waals surface area contributed by atoms with Gasteiger partial charge in [0.05, 0.1) is 28.7 Å². The number of carbonyl (C=O) groups is 1. The van der Waals surface area contributed by atoms with Crippen molar-refractivity contribution in [3.8, 4) is 22.5 Å². The molecule has 0 aliphatic rings. The summed E-state index contributed by atoms with van der Waals surface area (Å²) in [6, 6.07) is 11.2. The number of hydrogen-bond donors (Lipinski definition) is 2. The van der Waals surface area contributed by atoms with E-state index in [1.807, 2.05) is 0 Å². The molecule has 34 heavy (non-hydrogen) atoms. The largest absolute Gasteiger partial charge is 0.417 e. The van der Waals surface area contributed by atoms with E-state index in [0.717, 1.165) is 6.07 Å². The fourth-order valence-electron chi connectivity index (χ4n) is 3.34. The summed E-state index contributed by atoms with van der Waals surface area (Å²) in [7, 11) is 1.53. The Balaban J connectivity index is 1.78. The maximum absolute atomic E-state index is 14.7. The average Bonchev–Trinajstić information content (AvgIpc) is 3.25. The number of benzene rings is 2. The van der Waals surface area contributed by atoms with Crippen LogP contribution in [0.4, 0.5) is 23.4 Å². The number of halogens is 4. The van der Waals surface area contributed by atoms with Crippen LogP contribution in [0.2, 0.25) is 0 Å². The quantitative estimate of drug-likeness (QED) is 0.421. The lowest BCUT2D eigenvalue weighted by molar-refractivity contribution is -0.137. The fraction of sp³-hybridized carbons (Fsp3) is 0.130. The van der Waals surface area contributed by atoms with Crippen LogP contribution in [0.3, 0.4) is 0 Å². The Bertz CT molecular complexity index is 1350. The molecule has 0 fully saturated rings. The normalized spacial score (nSPS) is 11.5. The van der Waals surface area contributed by atoms with Gasteiger partial charge in [0.25, 0.3) is 5.91 Å². The molecule has 7 nitrogen and oxygen atoms in total. The molecule has 11 heteroatoms. The first-order valence-corrected chi connectivity index (χ1v) is 10.0. The van der Waals surface area contributed by atoms with Crippen molar-refractivity contribution in [2.75, 3.05) is 5.32 Å². The Hall–Kier alpha value is -4.12. The second-order valence-electron chi connectivity index (χ2n) is 7.33. The first-order valence-electron chi connectivity index (χ1n) is 10.0. The van der Waals surface area contributed by atoms with E-state index in [4.69, 9.17) is 5.73 Å². The lowest BCUT2D eigenvalue weighted by Crippen LogP contribution is -2.18. The number of carbonyl (C=O) groups excluding carboxylic acids is 1. The van der Waals surface area contributed by atoms with Crippen LogP contribution < -0.4 is 11.1 Å². The van der Waals surface area contributed by atoms with Crippen LogP contribution in [0.1, 0.15) is 21.6 Å². The summed E-state index contributed by atoms with van der Waals surface area (Å²) < 4.78 is 56.8. The van der Waals surface area contributed by atoms with Crippen LogP contribution in [-0.2, 0) is 19.8 Å². The van der Waals surface area contributed by atoms with Gasteiger partial charge in [-0.1, -0.05) is 30.3 Å². The van der Waals surface area contributed by atoms with E-state index in [-0.39, 0.29) is 23.8 Å². The van der Waals surface area contributed by atoms with Gasteiger partial charge < -0.3 is 11.1 Å². The van der Waals surface area contributed by atoms with Crippen molar-refractivity contribution in [1.82, 2.24) is 19.7 Å². The highest BCUT2D eigenvalue weighted by Crippen LogP contribution is 2.38. The average molecular weight is 470 g/mol. The molecule has 0 spiro atoms. The molecule has 4 aromatic rings. The molecule has 4 rings (SSSR count). The smallest absolute Gasteiger partial charge is 0.325 e. The fourth-order valence-corrected chi connectivity index (χ4v) is 3.34. The van der Waals surface area contributed by atoms with Gasteiger partial charge in [-0.3, -0.25) is 9.48 Å². The first kappa shape index (κ1) is 23.1. The Kier molecular flexibility index (Phi) is 6.12. The summed E-state index contributed by atoms with van der Waals surface area (Å²) in [6.07, 6.45) is -2.06. The van der Waals surface area contributed by atoms with Gasteiger partial charge in [-0.25, -0.2) is 14.4 Å². The monoisotopic (exact) mass is 470 g/mol. The molecule has 0 aliphatic heterocycles. The van der Waals surface area contributed by atoms with Gasteiger partial charge in [0, 0.05) is 30.9 Å². The Morgan fingerprint density at radius 2 is 1.88 bits per heavy atom. The topological polar surface area (TPSA) is 98.7 Å². The molecular formula is C23H18F4N6O. The van der Waals surface area contributed by atoms with Crippen LogP contribution in [0.5, 0.6) is 0 Å². The van der Waals surface area contributed by atoms with E-state index in [9.17, 15) is 22.4 Å². The molecule has 0 radical (unpaired) electrons. The number of aryl methyl sites for hydroxylation is 1. The summed E-state index contributed by atoms with van der Waals surface area (Å²) in [5, 5.41) is 6.43. The van der Waals surface area contributed by atoms with Gasteiger partial charge in [-0.2, -0.15) is 18.3 Å². The number of nitrogens with one attached hydrogen (secondary N) is 1. The van der Waals surface area contributed by atoms with Crippen LogP contribution in [-0.4, -0.2) is 25.7 Å². The van der Waals surface area contributed by atoms with Crippen molar-refractivity contribution >= 4 is 11.7 Å². The molecule has 3 N–H and O–H groups in total. The van der Waals surface area contributed by atoms with Crippen molar-refractivity contribution < 1.29 is 22.4 Å². The Morgan fingerprint density at radius 1 is 1.15 bits per heavy atom. The third-order valence-corrected chi connectivity index (χ3v) is 4.96. The minimum atomic E-state index is -4.85. The summed E-state index contributed by atoms with van der Waals surface area (Å²) in [4.78, 5) is 21.5. The predicted octanol–water partition coefficient (Wildman–Crippen LogP) is 4.41. The van der Waals surface area contributed by atoms with E-state index in [0.29, 0.717) is 17.3 Å². The zero-order chi connectivity index (χ0) is 24.5. The third-order valence-electron chi connectivity index (χ3n) is 4.96. The number of rotatable bonds is 5. The molecule has 2 heterocycles. The van der Waals surface area contributed by atoms with Crippen molar-refractivity contribution in [2.45, 2.75) is 12.7 Å². The van der Waals surface area contributed by atoms with Gasteiger partial charge in [0.1, 0.15) is 11.5 Å². The SMILES string of the molecule is Cn1ccc(-c2cc(C(=O)Nc3ncc(CN)nc3-c3ccccc3)c(F)cc2C(F)(F)F)n1. The number of nitrogens with two attached hydrogens (primary N) is 1. The zero-order valence-electron chi connectivity index (χ0n) is 17.8. The van der Waals surface area contributed by atoms with E-state index in [1.165, 1.54) is 30.2 Å². The number of hydrogen-bond acceptors (Lipinski definition) is 5. The van der Waals surface area contributed by atoms with Crippen molar-refractivity contribution in [2.24, 2.45) is 12.8 Å². The van der Waals surface area contributed by atoms with Gasteiger partial charge in [0.15, 0.2) is 5.82 Å². The minimum Gasteiger partial charge on any atom is -0.325 e. The van der Waals surface area contributed by atoms with Gasteiger partial charge in [0.2, 0.25) is 0 Å². The summed E-state index contributed by atoms with van der Waals surface area (Å²) in [6.45, 7) is 0.0992. The van der Waals surface area contributed by atoms with E-state index >= 15 is 0 Å². The van der Waals surface area contributed by atoms with E-state index in [2.05, 4.69) is 20.4 Å². The van der Waals surface area contributed by atoms with Crippen LogP contribution in [0.15, 0.2) is 60.9 Å². The minimum absolute atomic E-state index is 0.00656. The maximum Gasteiger partial charge on any atom is 0.417 e. The molecule has 1 amide bonds. The molecule has 0 saturated heterocycles. The number of nitrogens with zero attached hydrogens (tertiary/aromatic N) is 4. The second-order valence-corrected chi connectivity index (χ2v) is 7.33. The standard InChI is InChI=1S/C23H18F4N6O/c1-33-8-7-19(32-33)15-9-16(18(24)10-17(15)23(25,26)27)22(34)31-21-20(13-5-3-2-4-6-13)30-14(11-28)12-29-21/h2-10,12H,11,28H2,1H3,(H,29,31,34). The van der Waals surface area contributed by atoms with Gasteiger partial charge in [-0.05, 0) is 18.2 Å². The van der Waals surface area contributed by atoms with Crippen molar-refractivity contribution in [1.29, 1.82) is 0 Å². The predicted molar refractivity (Wildman–Crippen MR) is 117 cm³/mol. The molecule has 0 saturated carbocycles. The maximum atomic E-state index is 14.7. The zero-order valence-corrected chi connectivity index (χ0v) is 17.8. The molecule has 2 aromatic carbocycles. The molecule has 0 atom stereocenters. The lowest BCUT2D eigenvalue weighted by Gasteiger charge is -2.15. The molecule has 0 unspecified atom stereocenters. The molecule has 174 valence electrons. The van der Waals surface area contributed by atoms with Crippen molar-refractivity contribution in [3.63, 3.8) is 0 Å². The highest BCUT2D eigenvalue weighted by atomic mass is 19.4. The van der Waals surface area contributed by atoms with Crippen LogP contribution in [0, 0.1) is 5.82 Å². The summed E-state index contributed by atoms with van der Waals surface area (Å²) in [5.41, 5.74) is 4.68. The molecule has 0 aliphatic carbocycles. The number of aromatic nitrogens is 4.